The molecule has 1 aliphatic rings. The summed E-state index contributed by atoms with van der Waals surface area (Å²) in [6.07, 6.45) is 11.5. The normalized spacial score (nSPS) is 13.3. The minimum atomic E-state index is -0.337. The number of furan rings is 1. The summed E-state index contributed by atoms with van der Waals surface area (Å²) >= 11 is 0. The van der Waals surface area contributed by atoms with Gasteiger partial charge in [0.2, 0.25) is 0 Å². The number of hydrogen-bond acceptors (Lipinski definition) is 5. The van der Waals surface area contributed by atoms with Crippen LogP contribution in [0.5, 0.6) is 0 Å². The molecule has 0 saturated carbocycles. The van der Waals surface area contributed by atoms with E-state index in [0.29, 0.717) is 5.92 Å². The van der Waals surface area contributed by atoms with Crippen LogP contribution in [0.3, 0.4) is 0 Å². The zero-order valence-electron chi connectivity index (χ0n) is 33.8. The molecule has 0 bridgehead atoms. The maximum absolute atomic E-state index is 12.2. The zero-order valence-corrected chi connectivity index (χ0v) is 36.2. The molecule has 0 saturated heterocycles. The Morgan fingerprint density at radius 2 is 1.49 bits per heavy atom. The van der Waals surface area contributed by atoms with Gasteiger partial charge in [0.1, 0.15) is 17.1 Å². The molecule has 285 valence electrons. The van der Waals surface area contributed by atoms with Crippen LogP contribution in [0.4, 0.5) is 0 Å². The Morgan fingerprint density at radius 1 is 0.868 bits per heavy atom. The van der Waals surface area contributed by atoms with Gasteiger partial charge in [-0.25, -0.2) is 0 Å². The van der Waals surface area contributed by atoms with E-state index in [1.54, 1.807) is 0 Å². The third-order valence-corrected chi connectivity index (χ3v) is 11.7. The Bertz CT molecular complexity index is 2090. The first-order valence-corrected chi connectivity index (χ1v) is 19.4. The van der Waals surface area contributed by atoms with E-state index in [4.69, 9.17) is 14.4 Å². The fourth-order valence-corrected chi connectivity index (χ4v) is 7.26. The molecule has 0 fully saturated rings. The number of aliphatic hydroxyl groups excluding tert-OH is 1. The monoisotopic (exact) mass is 892 g/mol. The van der Waals surface area contributed by atoms with Crippen molar-refractivity contribution < 1.29 is 34.4 Å². The number of fused-ring (bicyclic) bond motifs is 6. The van der Waals surface area contributed by atoms with E-state index in [1.807, 2.05) is 53.9 Å². The predicted octanol–water partition coefficient (Wildman–Crippen LogP) is 12.8. The molecule has 3 aromatic heterocycles. The molecule has 1 radical (unpaired) electrons. The van der Waals surface area contributed by atoms with Gasteiger partial charge in [-0.2, -0.15) is 0 Å². The van der Waals surface area contributed by atoms with Crippen molar-refractivity contribution in [3.63, 3.8) is 0 Å². The number of hydrogen-bond donors (Lipinski definition) is 1. The summed E-state index contributed by atoms with van der Waals surface area (Å²) < 4.78 is 6.57. The molecule has 5 nitrogen and oxygen atoms in total. The van der Waals surface area contributed by atoms with Crippen LogP contribution >= 0.6 is 0 Å². The molecule has 3 heterocycles. The van der Waals surface area contributed by atoms with Gasteiger partial charge >= 0.3 is 0 Å². The summed E-state index contributed by atoms with van der Waals surface area (Å²) in [5.41, 5.74) is 8.38. The summed E-state index contributed by atoms with van der Waals surface area (Å²) in [5, 5.41) is 13.6. The number of pyridine rings is 2. The van der Waals surface area contributed by atoms with Crippen LogP contribution in [0.2, 0.25) is 0 Å². The van der Waals surface area contributed by atoms with E-state index < -0.39 is 0 Å². The van der Waals surface area contributed by atoms with Gasteiger partial charge in [0.05, 0.1) is 5.69 Å². The van der Waals surface area contributed by atoms with E-state index in [1.165, 1.54) is 28.2 Å². The second kappa shape index (κ2) is 16.8. The van der Waals surface area contributed by atoms with Crippen molar-refractivity contribution in [3.8, 4) is 22.5 Å². The smallest absolute Gasteiger partial charge is 0.164 e. The molecule has 53 heavy (non-hydrogen) atoms. The van der Waals surface area contributed by atoms with Crippen molar-refractivity contribution in [1.29, 1.82) is 0 Å². The second-order valence-corrected chi connectivity index (χ2v) is 16.7. The number of aryl methyl sites for hydroxylation is 1. The first kappa shape index (κ1) is 42.1. The number of ketones is 1. The predicted molar refractivity (Wildman–Crippen MR) is 217 cm³/mol. The average Bonchev–Trinajstić information content (AvgIpc) is 3.53. The van der Waals surface area contributed by atoms with Crippen LogP contribution in [0.1, 0.15) is 124 Å². The van der Waals surface area contributed by atoms with Crippen molar-refractivity contribution >= 4 is 27.5 Å². The largest absolute Gasteiger partial charge is 0.512 e. The van der Waals surface area contributed by atoms with Crippen molar-refractivity contribution in [2.24, 2.45) is 16.7 Å². The Kier molecular flexibility index (Phi) is 13.4. The van der Waals surface area contributed by atoms with E-state index in [-0.39, 0.29) is 47.9 Å². The summed E-state index contributed by atoms with van der Waals surface area (Å²) in [6.45, 7) is 23.4. The SMILES string of the molecule is CC(C)Cc1ccnc2c1CCc1oc3c(-c4[c-]c5ccccc5c(C(C)(C)C)c4)nccc3c1-2.CCC(C)(CC)C(=O)/C=C(\O)C(C)(CC)CC.[Ir]. The summed E-state index contributed by atoms with van der Waals surface area (Å²) in [4.78, 5) is 21.9. The molecule has 5 aromatic rings. The summed E-state index contributed by atoms with van der Waals surface area (Å²) in [5.74, 6) is 1.92. The van der Waals surface area contributed by atoms with Crippen LogP contribution < -0.4 is 0 Å². The molecule has 1 aliphatic carbocycles. The van der Waals surface area contributed by atoms with E-state index in [2.05, 4.69) is 83.1 Å². The van der Waals surface area contributed by atoms with Gasteiger partial charge < -0.3 is 9.52 Å². The third-order valence-electron chi connectivity index (χ3n) is 11.7. The van der Waals surface area contributed by atoms with Gasteiger partial charge in [0, 0.05) is 72.5 Å². The molecule has 0 aliphatic heterocycles. The van der Waals surface area contributed by atoms with Gasteiger partial charge in [0.15, 0.2) is 5.78 Å². The van der Waals surface area contributed by atoms with Gasteiger partial charge in [-0.15, -0.1) is 29.1 Å². The van der Waals surface area contributed by atoms with Crippen molar-refractivity contribution in [3.05, 3.63) is 95.2 Å². The number of rotatable bonds is 10. The number of allylic oxidation sites excluding steroid dienone is 2. The van der Waals surface area contributed by atoms with Gasteiger partial charge in [0.25, 0.3) is 0 Å². The molecule has 0 amide bonds. The van der Waals surface area contributed by atoms with Gasteiger partial charge in [-0.05, 0) is 73.1 Å². The van der Waals surface area contributed by atoms with Crippen molar-refractivity contribution in [2.45, 2.75) is 127 Å². The second-order valence-electron chi connectivity index (χ2n) is 16.7. The molecule has 6 heteroatoms. The Labute approximate surface area is 331 Å². The van der Waals surface area contributed by atoms with E-state index in [9.17, 15) is 9.90 Å². The van der Waals surface area contributed by atoms with Crippen LogP contribution in [0.25, 0.3) is 44.3 Å². The molecule has 0 unspecified atom stereocenters. The fraction of sp³-hybridized carbons (Fsp3) is 0.468. The average molecular weight is 892 g/mol. The quantitative estimate of drug-likeness (QED) is 0.0859. The summed E-state index contributed by atoms with van der Waals surface area (Å²) in [7, 11) is 0. The molecule has 2 aromatic carbocycles. The molecular weight excluding hydrogens is 833 g/mol. The molecule has 0 atom stereocenters. The van der Waals surface area contributed by atoms with Crippen LogP contribution in [-0.4, -0.2) is 20.9 Å². The van der Waals surface area contributed by atoms with Gasteiger partial charge in [-0.1, -0.05) is 105 Å². The number of aliphatic hydroxyl groups is 1. The number of nitrogens with zero attached hydrogens (tertiary/aromatic N) is 2. The van der Waals surface area contributed by atoms with Crippen molar-refractivity contribution in [1.82, 2.24) is 9.97 Å². The Hall–Kier alpha value is -3.60. The first-order chi connectivity index (χ1) is 24.6. The Balaban J connectivity index is 0.000000299. The zero-order chi connectivity index (χ0) is 38.0. The van der Waals surface area contributed by atoms with Crippen molar-refractivity contribution in [2.75, 3.05) is 0 Å². The third kappa shape index (κ3) is 8.55. The van der Waals surface area contributed by atoms with Gasteiger partial charge in [-0.3, -0.25) is 14.8 Å². The van der Waals surface area contributed by atoms with E-state index in [0.717, 1.165) is 89.6 Å². The number of benzene rings is 2. The van der Waals surface area contributed by atoms with E-state index >= 15 is 0 Å². The minimum Gasteiger partial charge on any atom is -0.512 e. The maximum atomic E-state index is 12.2. The topological polar surface area (TPSA) is 76.2 Å². The first-order valence-electron chi connectivity index (χ1n) is 19.4. The molecule has 0 spiro atoms. The molecular formula is C47H59IrN2O3-. The Morgan fingerprint density at radius 3 is 2.11 bits per heavy atom. The maximum Gasteiger partial charge on any atom is 0.164 e. The number of aromatic nitrogens is 2. The molecule has 6 rings (SSSR count). The summed E-state index contributed by atoms with van der Waals surface area (Å²) in [6, 6.07) is 18.7. The molecule has 1 N–H and O–H groups in total. The number of carbonyl (C=O) groups is 1. The minimum absolute atomic E-state index is 0. The van der Waals surface area contributed by atoms with Crippen LogP contribution in [0, 0.1) is 22.8 Å². The fourth-order valence-electron chi connectivity index (χ4n) is 7.26. The van der Waals surface area contributed by atoms with Crippen LogP contribution in [0.15, 0.2) is 71.1 Å². The standard InChI is InChI=1S/C32H31N2O.C15H28O2.Ir/c1-19(2)16-21-12-14-34-30-24(21)10-11-27-28(30)25-13-15-33-29(31(25)35-27)22-17-20-8-6-7-9-23(20)26(18-22)32(3,4)5;1-7-14(5,8-2)12(16)11-13(17)15(6,9-3)10-4;/h6-9,12-15,18-19H,10-11,16H2,1-5H3;11,16H,7-10H2,1-6H3;/q-1;;/b;12-11-;. The van der Waals surface area contributed by atoms with Crippen LogP contribution in [-0.2, 0) is 49.6 Å². The number of carbonyl (C=O) groups excluding carboxylic acids is 1.